The Morgan fingerprint density at radius 3 is 2.13 bits per heavy atom. The SMILES string of the molecule is COc1cc(C=CC(=O)OC2CCCCC2)cc(OC)c1OC. The molecule has 0 radical (unpaired) electrons. The van der Waals surface area contributed by atoms with Crippen molar-refractivity contribution < 1.29 is 23.7 Å². The summed E-state index contributed by atoms with van der Waals surface area (Å²) in [7, 11) is 4.67. The van der Waals surface area contributed by atoms with Crippen LogP contribution in [-0.2, 0) is 9.53 Å². The van der Waals surface area contributed by atoms with Crippen molar-refractivity contribution in [2.24, 2.45) is 0 Å². The van der Waals surface area contributed by atoms with Gasteiger partial charge in [0.1, 0.15) is 6.10 Å². The van der Waals surface area contributed by atoms with Crippen molar-refractivity contribution in [3.05, 3.63) is 23.8 Å². The Labute approximate surface area is 137 Å². The second-order valence-corrected chi connectivity index (χ2v) is 5.49. The summed E-state index contributed by atoms with van der Waals surface area (Å²) in [5.41, 5.74) is 0.778. The Hall–Kier alpha value is -2.17. The van der Waals surface area contributed by atoms with Crippen LogP contribution in [0.3, 0.4) is 0 Å². The van der Waals surface area contributed by atoms with Crippen LogP contribution in [0.15, 0.2) is 18.2 Å². The van der Waals surface area contributed by atoms with Crippen molar-refractivity contribution in [3.63, 3.8) is 0 Å². The van der Waals surface area contributed by atoms with Gasteiger partial charge in [-0.05, 0) is 49.5 Å². The van der Waals surface area contributed by atoms with Gasteiger partial charge in [0.25, 0.3) is 0 Å². The fourth-order valence-corrected chi connectivity index (χ4v) is 2.75. The Morgan fingerprint density at radius 1 is 1.00 bits per heavy atom. The molecule has 0 aromatic heterocycles. The second-order valence-electron chi connectivity index (χ2n) is 5.49. The van der Waals surface area contributed by atoms with Crippen molar-refractivity contribution in [2.75, 3.05) is 21.3 Å². The molecule has 1 aromatic rings. The van der Waals surface area contributed by atoms with Gasteiger partial charge in [-0.1, -0.05) is 6.42 Å². The van der Waals surface area contributed by atoms with E-state index in [0.29, 0.717) is 17.2 Å². The van der Waals surface area contributed by atoms with E-state index in [1.165, 1.54) is 12.5 Å². The molecular formula is C18H24O5. The molecule has 5 heteroatoms. The van der Waals surface area contributed by atoms with Crippen molar-refractivity contribution in [1.29, 1.82) is 0 Å². The molecule has 0 N–H and O–H groups in total. The fourth-order valence-electron chi connectivity index (χ4n) is 2.75. The summed E-state index contributed by atoms with van der Waals surface area (Å²) in [6.07, 6.45) is 8.61. The quantitative estimate of drug-likeness (QED) is 0.592. The molecule has 0 bridgehead atoms. The summed E-state index contributed by atoms with van der Waals surface area (Å²) in [6.45, 7) is 0. The zero-order valence-electron chi connectivity index (χ0n) is 14.0. The summed E-state index contributed by atoms with van der Waals surface area (Å²) in [5, 5.41) is 0. The highest BCUT2D eigenvalue weighted by Crippen LogP contribution is 2.38. The Balaban J connectivity index is 2.07. The minimum atomic E-state index is -0.314. The lowest BCUT2D eigenvalue weighted by molar-refractivity contribution is -0.144. The van der Waals surface area contributed by atoms with Crippen LogP contribution >= 0.6 is 0 Å². The van der Waals surface area contributed by atoms with Crippen LogP contribution in [0.2, 0.25) is 0 Å². The van der Waals surface area contributed by atoms with Gasteiger partial charge in [-0.2, -0.15) is 0 Å². The first kappa shape index (κ1) is 17.2. The molecule has 2 rings (SSSR count). The maximum atomic E-state index is 11.9. The van der Waals surface area contributed by atoms with Gasteiger partial charge >= 0.3 is 5.97 Å². The maximum absolute atomic E-state index is 11.9. The van der Waals surface area contributed by atoms with Gasteiger partial charge in [-0.3, -0.25) is 0 Å². The number of ether oxygens (including phenoxy) is 4. The molecule has 1 aliphatic carbocycles. The van der Waals surface area contributed by atoms with Gasteiger partial charge in [0.2, 0.25) is 5.75 Å². The number of carbonyl (C=O) groups is 1. The molecule has 1 aromatic carbocycles. The average Bonchev–Trinajstić information content (AvgIpc) is 2.59. The predicted molar refractivity (Wildman–Crippen MR) is 88.1 cm³/mol. The highest BCUT2D eigenvalue weighted by atomic mass is 16.5. The molecule has 0 amide bonds. The monoisotopic (exact) mass is 320 g/mol. The molecule has 0 aliphatic heterocycles. The van der Waals surface area contributed by atoms with Crippen LogP contribution in [0.5, 0.6) is 17.2 Å². The number of hydrogen-bond acceptors (Lipinski definition) is 5. The molecule has 5 nitrogen and oxygen atoms in total. The lowest BCUT2D eigenvalue weighted by Crippen LogP contribution is -2.19. The fraction of sp³-hybridized carbons (Fsp3) is 0.500. The van der Waals surface area contributed by atoms with Crippen LogP contribution in [0.4, 0.5) is 0 Å². The van der Waals surface area contributed by atoms with Crippen molar-refractivity contribution in [1.82, 2.24) is 0 Å². The summed E-state index contributed by atoms with van der Waals surface area (Å²) in [4.78, 5) is 11.9. The molecular weight excluding hydrogens is 296 g/mol. The Morgan fingerprint density at radius 2 is 1.61 bits per heavy atom. The molecule has 1 saturated carbocycles. The second kappa shape index (κ2) is 8.46. The summed E-state index contributed by atoms with van der Waals surface area (Å²) in [5.74, 6) is 1.31. The molecule has 0 atom stereocenters. The zero-order chi connectivity index (χ0) is 16.7. The molecule has 0 saturated heterocycles. The predicted octanol–water partition coefficient (Wildman–Crippen LogP) is 3.60. The van der Waals surface area contributed by atoms with Crippen molar-refractivity contribution >= 4 is 12.0 Å². The molecule has 1 aliphatic rings. The van der Waals surface area contributed by atoms with E-state index in [0.717, 1.165) is 31.2 Å². The first-order valence-electron chi connectivity index (χ1n) is 7.86. The van der Waals surface area contributed by atoms with Crippen molar-refractivity contribution in [3.8, 4) is 17.2 Å². The third-order valence-electron chi connectivity index (χ3n) is 3.93. The molecule has 0 spiro atoms. The van der Waals surface area contributed by atoms with Gasteiger partial charge in [0.15, 0.2) is 11.5 Å². The van der Waals surface area contributed by atoms with Crippen LogP contribution < -0.4 is 14.2 Å². The van der Waals surface area contributed by atoms with Crippen LogP contribution in [0.1, 0.15) is 37.7 Å². The minimum absolute atomic E-state index is 0.0563. The zero-order valence-corrected chi connectivity index (χ0v) is 14.0. The van der Waals surface area contributed by atoms with Crippen molar-refractivity contribution in [2.45, 2.75) is 38.2 Å². The van der Waals surface area contributed by atoms with Gasteiger partial charge in [0, 0.05) is 6.08 Å². The highest BCUT2D eigenvalue weighted by Gasteiger charge is 2.16. The summed E-state index contributed by atoms with van der Waals surface area (Å²) >= 11 is 0. The van der Waals surface area contributed by atoms with E-state index in [9.17, 15) is 4.79 Å². The molecule has 23 heavy (non-hydrogen) atoms. The molecule has 0 heterocycles. The highest BCUT2D eigenvalue weighted by molar-refractivity contribution is 5.87. The van der Waals surface area contributed by atoms with Gasteiger partial charge in [-0.15, -0.1) is 0 Å². The van der Waals surface area contributed by atoms with E-state index in [2.05, 4.69) is 0 Å². The Kier molecular flexibility index (Phi) is 6.32. The molecule has 1 fully saturated rings. The van der Waals surface area contributed by atoms with Crippen LogP contribution in [0, 0.1) is 0 Å². The average molecular weight is 320 g/mol. The summed E-state index contributed by atoms with van der Waals surface area (Å²) < 4.78 is 21.3. The standard InChI is InChI=1S/C18H24O5/c1-20-15-11-13(12-16(21-2)18(15)22-3)9-10-17(19)23-14-7-5-4-6-8-14/h9-12,14H,4-8H2,1-3H3. The molecule has 0 unspecified atom stereocenters. The van der Waals surface area contributed by atoms with E-state index in [-0.39, 0.29) is 12.1 Å². The first-order valence-corrected chi connectivity index (χ1v) is 7.86. The van der Waals surface area contributed by atoms with Gasteiger partial charge in [-0.25, -0.2) is 4.79 Å². The van der Waals surface area contributed by atoms with E-state index >= 15 is 0 Å². The Bertz CT molecular complexity index is 534. The summed E-state index contributed by atoms with van der Waals surface area (Å²) in [6, 6.07) is 3.57. The number of esters is 1. The van der Waals surface area contributed by atoms with E-state index < -0.39 is 0 Å². The lowest BCUT2D eigenvalue weighted by atomic mass is 9.98. The van der Waals surface area contributed by atoms with Crippen LogP contribution in [0.25, 0.3) is 6.08 Å². The first-order chi connectivity index (χ1) is 11.2. The van der Waals surface area contributed by atoms with E-state index in [1.54, 1.807) is 39.5 Å². The molecule has 126 valence electrons. The largest absolute Gasteiger partial charge is 0.493 e. The number of hydrogen-bond donors (Lipinski definition) is 0. The number of carbonyl (C=O) groups excluding carboxylic acids is 1. The smallest absolute Gasteiger partial charge is 0.331 e. The third kappa shape index (κ3) is 4.65. The lowest BCUT2D eigenvalue weighted by Gasteiger charge is -2.20. The number of benzene rings is 1. The van der Waals surface area contributed by atoms with Gasteiger partial charge < -0.3 is 18.9 Å². The van der Waals surface area contributed by atoms with E-state index in [4.69, 9.17) is 18.9 Å². The van der Waals surface area contributed by atoms with E-state index in [1.807, 2.05) is 0 Å². The van der Waals surface area contributed by atoms with Gasteiger partial charge in [0.05, 0.1) is 21.3 Å². The normalized spacial score (nSPS) is 15.4. The maximum Gasteiger partial charge on any atom is 0.331 e. The topological polar surface area (TPSA) is 54.0 Å². The number of methoxy groups -OCH3 is 3. The number of rotatable bonds is 6. The minimum Gasteiger partial charge on any atom is -0.493 e. The third-order valence-corrected chi connectivity index (χ3v) is 3.93. The van der Waals surface area contributed by atoms with Crippen LogP contribution in [-0.4, -0.2) is 33.4 Å².